The number of nitrogens with one attached hydrogen (secondary N) is 2. The Kier molecular flexibility index (Phi) is 4.82. The lowest BCUT2D eigenvalue weighted by atomic mass is 10.2. The highest BCUT2D eigenvalue weighted by Crippen LogP contribution is 2.18. The summed E-state index contributed by atoms with van der Waals surface area (Å²) in [7, 11) is 1.63. The van der Waals surface area contributed by atoms with E-state index in [0.29, 0.717) is 23.2 Å². The molecule has 1 fully saturated rings. The van der Waals surface area contributed by atoms with E-state index in [1.54, 1.807) is 19.3 Å². The number of nitrogens with zero attached hydrogens (tertiary/aromatic N) is 1. The first-order valence-electron chi connectivity index (χ1n) is 7.37. The molecule has 2 N–H and O–H groups in total. The number of hydrogen-bond donors (Lipinski definition) is 2. The van der Waals surface area contributed by atoms with Crippen LogP contribution >= 0.6 is 11.6 Å². The molecule has 0 radical (unpaired) electrons. The zero-order valence-electron chi connectivity index (χ0n) is 13.0. The molecule has 24 heavy (non-hydrogen) atoms. The molecule has 1 saturated heterocycles. The van der Waals surface area contributed by atoms with E-state index >= 15 is 0 Å². The number of aliphatic imine (C=N–C) groups is 1. The Morgan fingerprint density at radius 1 is 1.12 bits per heavy atom. The van der Waals surface area contributed by atoms with E-state index in [2.05, 4.69) is 15.6 Å². The normalized spacial score (nSPS) is 17.0. The highest BCUT2D eigenvalue weighted by molar-refractivity contribution is 6.32. The monoisotopic (exact) mass is 341 g/mol. The van der Waals surface area contributed by atoms with Gasteiger partial charge < -0.3 is 10.1 Å². The number of carbonyl (C=O) groups is 1. The van der Waals surface area contributed by atoms with Crippen molar-refractivity contribution in [3.8, 4) is 5.75 Å². The Labute approximate surface area is 145 Å². The van der Waals surface area contributed by atoms with Crippen molar-refractivity contribution < 1.29 is 9.53 Å². The van der Waals surface area contributed by atoms with Gasteiger partial charge in [-0.3, -0.25) is 10.1 Å². The predicted octanol–water partition coefficient (Wildman–Crippen LogP) is 2.97. The first kappa shape index (κ1) is 16.1. The standard InChI is InChI=1S/C18H16ClN3O2/c1-24-14-8-6-12(7-9-14)11-20-18-21-16(17(23)22-18)10-13-4-2-3-5-15(13)19/h2-10H,11H2,1H3,(H2,20,21,22,23)/b16-10-. The molecule has 3 rings (SSSR count). The van der Waals surface area contributed by atoms with Gasteiger partial charge in [-0.15, -0.1) is 0 Å². The van der Waals surface area contributed by atoms with Crippen LogP contribution in [0.5, 0.6) is 5.75 Å². The van der Waals surface area contributed by atoms with Gasteiger partial charge in [0.25, 0.3) is 5.91 Å². The number of ether oxygens (including phenoxy) is 1. The van der Waals surface area contributed by atoms with E-state index in [4.69, 9.17) is 16.3 Å². The molecule has 0 aromatic heterocycles. The van der Waals surface area contributed by atoms with Crippen LogP contribution in [-0.4, -0.2) is 19.0 Å². The van der Waals surface area contributed by atoms with Crippen LogP contribution in [0.2, 0.25) is 5.02 Å². The predicted molar refractivity (Wildman–Crippen MR) is 94.8 cm³/mol. The zero-order valence-corrected chi connectivity index (χ0v) is 13.8. The Morgan fingerprint density at radius 3 is 2.58 bits per heavy atom. The van der Waals surface area contributed by atoms with Crippen molar-refractivity contribution in [2.75, 3.05) is 7.11 Å². The van der Waals surface area contributed by atoms with Crippen LogP contribution < -0.4 is 15.4 Å². The molecular weight excluding hydrogens is 326 g/mol. The highest BCUT2D eigenvalue weighted by atomic mass is 35.5. The second kappa shape index (κ2) is 7.19. The van der Waals surface area contributed by atoms with Gasteiger partial charge in [-0.2, -0.15) is 0 Å². The van der Waals surface area contributed by atoms with Crippen LogP contribution in [0.4, 0.5) is 0 Å². The molecule has 1 aliphatic heterocycles. The minimum Gasteiger partial charge on any atom is -0.497 e. The fourth-order valence-corrected chi connectivity index (χ4v) is 2.41. The number of methoxy groups -OCH3 is 1. The molecule has 0 unspecified atom stereocenters. The molecule has 2 aromatic rings. The maximum Gasteiger partial charge on any atom is 0.274 e. The smallest absolute Gasteiger partial charge is 0.274 e. The number of hydrogen-bond acceptors (Lipinski definition) is 3. The van der Waals surface area contributed by atoms with Gasteiger partial charge in [0.15, 0.2) is 0 Å². The Balaban J connectivity index is 1.70. The molecule has 122 valence electrons. The van der Waals surface area contributed by atoms with Crippen LogP contribution in [0.3, 0.4) is 0 Å². The second-order valence-electron chi connectivity index (χ2n) is 5.17. The van der Waals surface area contributed by atoms with E-state index < -0.39 is 0 Å². The lowest BCUT2D eigenvalue weighted by Crippen LogP contribution is -2.25. The van der Waals surface area contributed by atoms with Crippen molar-refractivity contribution in [3.63, 3.8) is 0 Å². The van der Waals surface area contributed by atoms with E-state index in [1.807, 2.05) is 42.5 Å². The molecule has 6 heteroatoms. The summed E-state index contributed by atoms with van der Waals surface area (Å²) in [6.45, 7) is 0.450. The number of carbonyl (C=O) groups excluding carboxylic acids is 1. The van der Waals surface area contributed by atoms with Gasteiger partial charge in [0.05, 0.1) is 13.7 Å². The van der Waals surface area contributed by atoms with Crippen molar-refractivity contribution in [2.24, 2.45) is 4.99 Å². The van der Waals surface area contributed by atoms with Gasteiger partial charge in [0.2, 0.25) is 5.96 Å². The topological polar surface area (TPSA) is 62.7 Å². The van der Waals surface area contributed by atoms with Gasteiger partial charge in [0, 0.05) is 5.02 Å². The van der Waals surface area contributed by atoms with E-state index in [0.717, 1.165) is 16.9 Å². The molecule has 1 heterocycles. The van der Waals surface area contributed by atoms with Gasteiger partial charge >= 0.3 is 0 Å². The number of amides is 1. The quantitative estimate of drug-likeness (QED) is 0.840. The summed E-state index contributed by atoms with van der Waals surface area (Å²) in [6.07, 6.45) is 1.70. The lowest BCUT2D eigenvalue weighted by molar-refractivity contribution is -0.115. The van der Waals surface area contributed by atoms with Crippen molar-refractivity contribution in [3.05, 3.63) is 70.4 Å². The molecule has 1 aliphatic rings. The summed E-state index contributed by atoms with van der Waals surface area (Å²) in [6, 6.07) is 14.9. The number of rotatable bonds is 4. The number of guanidine groups is 1. The molecule has 0 bridgehead atoms. The van der Waals surface area contributed by atoms with E-state index in [9.17, 15) is 4.79 Å². The van der Waals surface area contributed by atoms with Crippen molar-refractivity contribution in [2.45, 2.75) is 6.54 Å². The average Bonchev–Trinajstić information content (AvgIpc) is 2.95. The third-order valence-corrected chi connectivity index (χ3v) is 3.86. The van der Waals surface area contributed by atoms with Crippen LogP contribution in [-0.2, 0) is 11.3 Å². The Hall–Kier alpha value is -2.79. The van der Waals surface area contributed by atoms with Crippen LogP contribution in [0.15, 0.2) is 59.2 Å². The van der Waals surface area contributed by atoms with Crippen molar-refractivity contribution in [1.29, 1.82) is 0 Å². The van der Waals surface area contributed by atoms with Gasteiger partial charge in [-0.25, -0.2) is 4.99 Å². The molecule has 2 aromatic carbocycles. The third kappa shape index (κ3) is 3.75. The fourth-order valence-electron chi connectivity index (χ4n) is 2.22. The second-order valence-corrected chi connectivity index (χ2v) is 5.58. The Morgan fingerprint density at radius 2 is 1.88 bits per heavy atom. The lowest BCUT2D eigenvalue weighted by Gasteiger charge is -2.02. The summed E-state index contributed by atoms with van der Waals surface area (Å²) in [5.41, 5.74) is 2.20. The maximum atomic E-state index is 12.0. The van der Waals surface area contributed by atoms with Gasteiger partial charge in [0.1, 0.15) is 11.4 Å². The summed E-state index contributed by atoms with van der Waals surface area (Å²) in [5.74, 6) is 0.987. The minimum absolute atomic E-state index is 0.233. The molecule has 0 saturated carbocycles. The summed E-state index contributed by atoms with van der Waals surface area (Å²) in [4.78, 5) is 16.4. The van der Waals surface area contributed by atoms with Crippen LogP contribution in [0.1, 0.15) is 11.1 Å². The summed E-state index contributed by atoms with van der Waals surface area (Å²) in [5, 5.41) is 6.26. The molecule has 0 atom stereocenters. The number of benzene rings is 2. The zero-order chi connectivity index (χ0) is 16.9. The third-order valence-electron chi connectivity index (χ3n) is 3.51. The largest absolute Gasteiger partial charge is 0.497 e. The molecule has 5 nitrogen and oxygen atoms in total. The molecule has 0 aliphatic carbocycles. The fraction of sp³-hybridized carbons (Fsp3) is 0.111. The Bertz CT molecular complexity index is 813. The molecular formula is C18H16ClN3O2. The maximum absolute atomic E-state index is 12.0. The van der Waals surface area contributed by atoms with Crippen LogP contribution in [0.25, 0.3) is 6.08 Å². The molecule has 0 spiro atoms. The van der Waals surface area contributed by atoms with Crippen molar-refractivity contribution in [1.82, 2.24) is 10.6 Å². The molecule has 1 amide bonds. The van der Waals surface area contributed by atoms with E-state index in [-0.39, 0.29) is 5.91 Å². The minimum atomic E-state index is -0.233. The van der Waals surface area contributed by atoms with Gasteiger partial charge in [-0.05, 0) is 35.4 Å². The highest BCUT2D eigenvalue weighted by Gasteiger charge is 2.21. The average molecular weight is 342 g/mol. The SMILES string of the molecule is COc1ccc(CN=C2NC(=O)/C(=C/c3ccccc3Cl)N2)cc1. The van der Waals surface area contributed by atoms with Crippen molar-refractivity contribution >= 4 is 29.5 Å². The van der Waals surface area contributed by atoms with Gasteiger partial charge in [-0.1, -0.05) is 41.9 Å². The first-order chi connectivity index (χ1) is 11.7. The summed E-state index contributed by atoms with van der Waals surface area (Å²) < 4.78 is 5.12. The first-order valence-corrected chi connectivity index (χ1v) is 7.75. The van der Waals surface area contributed by atoms with Crippen LogP contribution in [0, 0.1) is 0 Å². The summed E-state index contributed by atoms with van der Waals surface area (Å²) >= 11 is 6.11. The van der Waals surface area contributed by atoms with E-state index in [1.165, 1.54) is 0 Å². The number of halogens is 1.